The van der Waals surface area contributed by atoms with Crippen LogP contribution in [0.4, 0.5) is 0 Å². The van der Waals surface area contributed by atoms with E-state index in [4.69, 9.17) is 5.11 Å². The van der Waals surface area contributed by atoms with Gasteiger partial charge in [-0.1, -0.05) is 43.8 Å². The lowest BCUT2D eigenvalue weighted by atomic mass is 10.1. The van der Waals surface area contributed by atoms with Crippen molar-refractivity contribution in [2.24, 2.45) is 5.41 Å². The molecule has 3 rings (SSSR count). The fourth-order valence-electron chi connectivity index (χ4n) is 2.45. The number of aromatic nitrogens is 3. The first kappa shape index (κ1) is 14.1. The molecule has 0 amide bonds. The van der Waals surface area contributed by atoms with E-state index in [0.717, 1.165) is 17.9 Å². The molecule has 1 atom stereocenters. The van der Waals surface area contributed by atoms with Crippen LogP contribution in [-0.2, 0) is 4.79 Å². The molecule has 1 fully saturated rings. The number of thioether (sulfide) groups is 1. The van der Waals surface area contributed by atoms with Gasteiger partial charge in [-0.05, 0) is 24.0 Å². The Bertz CT molecular complexity index is 667. The normalized spacial score (nSPS) is 19.4. The van der Waals surface area contributed by atoms with Crippen LogP contribution in [0.2, 0.25) is 0 Å². The van der Waals surface area contributed by atoms with Crippen LogP contribution in [0.25, 0.3) is 5.69 Å². The summed E-state index contributed by atoms with van der Waals surface area (Å²) in [6.45, 7) is 4.43. The van der Waals surface area contributed by atoms with E-state index in [0.29, 0.717) is 11.1 Å². The maximum atomic E-state index is 10.8. The predicted octanol–water partition coefficient (Wildman–Crippen LogP) is 2.96. The smallest absolute Gasteiger partial charge is 0.313 e. The Balaban J connectivity index is 2.00. The molecule has 1 aromatic heterocycles. The van der Waals surface area contributed by atoms with Gasteiger partial charge in [-0.15, -0.1) is 10.2 Å². The molecular weight excluding hydrogens is 286 g/mol. The zero-order valence-corrected chi connectivity index (χ0v) is 12.8. The summed E-state index contributed by atoms with van der Waals surface area (Å²) in [4.78, 5) is 10.8. The van der Waals surface area contributed by atoms with Crippen molar-refractivity contribution >= 4 is 17.7 Å². The summed E-state index contributed by atoms with van der Waals surface area (Å²) >= 11 is 1.21. The van der Waals surface area contributed by atoms with Crippen LogP contribution in [0.1, 0.15) is 32.0 Å². The Morgan fingerprint density at radius 3 is 2.62 bits per heavy atom. The van der Waals surface area contributed by atoms with Gasteiger partial charge in [-0.3, -0.25) is 9.36 Å². The summed E-state index contributed by atoms with van der Waals surface area (Å²) in [5, 5.41) is 18.0. The van der Waals surface area contributed by atoms with Crippen LogP contribution in [0.15, 0.2) is 35.5 Å². The van der Waals surface area contributed by atoms with E-state index in [-0.39, 0.29) is 11.2 Å². The van der Waals surface area contributed by atoms with E-state index in [9.17, 15) is 4.79 Å². The molecule has 1 unspecified atom stereocenters. The zero-order valence-electron chi connectivity index (χ0n) is 12.0. The molecule has 0 spiro atoms. The number of carbonyl (C=O) groups is 1. The van der Waals surface area contributed by atoms with Crippen molar-refractivity contribution in [2.45, 2.75) is 31.3 Å². The largest absolute Gasteiger partial charge is 0.481 e. The van der Waals surface area contributed by atoms with Gasteiger partial charge >= 0.3 is 5.97 Å². The van der Waals surface area contributed by atoms with E-state index < -0.39 is 5.97 Å². The van der Waals surface area contributed by atoms with Crippen LogP contribution in [0.5, 0.6) is 0 Å². The molecular formula is C15H17N3O2S. The molecule has 0 saturated heterocycles. The maximum absolute atomic E-state index is 10.8. The van der Waals surface area contributed by atoms with Gasteiger partial charge in [0.15, 0.2) is 5.16 Å². The summed E-state index contributed by atoms with van der Waals surface area (Å²) in [6.07, 6.45) is 1.08. The van der Waals surface area contributed by atoms with E-state index in [1.807, 2.05) is 34.9 Å². The molecule has 21 heavy (non-hydrogen) atoms. The number of carboxylic acids is 1. The Morgan fingerprint density at radius 1 is 1.38 bits per heavy atom. The average Bonchev–Trinajstić information content (AvgIpc) is 2.91. The molecule has 2 aromatic rings. The van der Waals surface area contributed by atoms with Gasteiger partial charge in [0.25, 0.3) is 0 Å². The predicted molar refractivity (Wildman–Crippen MR) is 80.9 cm³/mol. The molecule has 1 heterocycles. The summed E-state index contributed by atoms with van der Waals surface area (Å²) in [5.74, 6) is 0.443. The Labute approximate surface area is 127 Å². The van der Waals surface area contributed by atoms with Crippen molar-refractivity contribution in [3.63, 3.8) is 0 Å². The van der Waals surface area contributed by atoms with Crippen molar-refractivity contribution < 1.29 is 9.90 Å². The molecule has 0 bridgehead atoms. The first-order valence-corrected chi connectivity index (χ1v) is 7.83. The minimum atomic E-state index is -0.851. The molecule has 0 aliphatic heterocycles. The molecule has 1 N–H and O–H groups in total. The second-order valence-corrected chi connectivity index (χ2v) is 6.88. The van der Waals surface area contributed by atoms with E-state index in [2.05, 4.69) is 24.0 Å². The number of rotatable bonds is 5. The van der Waals surface area contributed by atoms with Crippen molar-refractivity contribution in [2.75, 3.05) is 5.75 Å². The minimum absolute atomic E-state index is 0.0149. The third kappa shape index (κ3) is 2.81. The number of para-hydroxylation sites is 1. The van der Waals surface area contributed by atoms with Crippen molar-refractivity contribution in [3.8, 4) is 5.69 Å². The lowest BCUT2D eigenvalue weighted by Gasteiger charge is -2.10. The van der Waals surface area contributed by atoms with E-state index in [1.54, 1.807) is 0 Å². The van der Waals surface area contributed by atoms with Crippen LogP contribution in [-0.4, -0.2) is 31.6 Å². The lowest BCUT2D eigenvalue weighted by Crippen LogP contribution is -2.05. The SMILES string of the molecule is CC1(C)CC1c1nnc(SCC(=O)O)n1-c1ccccc1. The highest BCUT2D eigenvalue weighted by Gasteiger charge is 2.50. The number of hydrogen-bond donors (Lipinski definition) is 1. The van der Waals surface area contributed by atoms with Gasteiger partial charge in [0.05, 0.1) is 5.75 Å². The van der Waals surface area contributed by atoms with E-state index >= 15 is 0 Å². The first-order chi connectivity index (χ1) is 9.99. The molecule has 1 aliphatic carbocycles. The Kier molecular flexibility index (Phi) is 3.49. The van der Waals surface area contributed by atoms with E-state index in [1.165, 1.54) is 11.8 Å². The highest BCUT2D eigenvalue weighted by Crippen LogP contribution is 2.58. The number of hydrogen-bond acceptors (Lipinski definition) is 4. The number of benzene rings is 1. The zero-order chi connectivity index (χ0) is 15.0. The fourth-order valence-corrected chi connectivity index (χ4v) is 3.13. The minimum Gasteiger partial charge on any atom is -0.481 e. The number of aliphatic carboxylic acids is 1. The van der Waals surface area contributed by atoms with Crippen LogP contribution < -0.4 is 0 Å². The quantitative estimate of drug-likeness (QED) is 0.860. The third-order valence-corrected chi connectivity index (χ3v) is 4.74. The highest BCUT2D eigenvalue weighted by molar-refractivity contribution is 7.99. The second kappa shape index (κ2) is 5.18. The van der Waals surface area contributed by atoms with Crippen LogP contribution in [0, 0.1) is 5.41 Å². The summed E-state index contributed by atoms with van der Waals surface area (Å²) in [7, 11) is 0. The number of nitrogens with zero attached hydrogens (tertiary/aromatic N) is 3. The number of carboxylic acid groups (broad SMARTS) is 1. The fraction of sp³-hybridized carbons (Fsp3) is 0.400. The maximum Gasteiger partial charge on any atom is 0.313 e. The molecule has 1 aromatic carbocycles. The van der Waals surface area contributed by atoms with Crippen LogP contribution in [0.3, 0.4) is 0 Å². The summed E-state index contributed by atoms with van der Waals surface area (Å²) in [6, 6.07) is 9.87. The molecule has 5 nitrogen and oxygen atoms in total. The van der Waals surface area contributed by atoms with Crippen molar-refractivity contribution in [1.29, 1.82) is 0 Å². The summed E-state index contributed by atoms with van der Waals surface area (Å²) < 4.78 is 1.99. The average molecular weight is 303 g/mol. The topological polar surface area (TPSA) is 68.0 Å². The monoisotopic (exact) mass is 303 g/mol. The Hall–Kier alpha value is -1.82. The molecule has 0 radical (unpaired) electrons. The summed E-state index contributed by atoms with van der Waals surface area (Å²) in [5.41, 5.74) is 1.22. The molecule has 110 valence electrons. The lowest BCUT2D eigenvalue weighted by molar-refractivity contribution is -0.133. The standard InChI is InChI=1S/C15H17N3O2S/c1-15(2)8-11(15)13-16-17-14(21-9-12(19)20)18(13)10-6-4-3-5-7-10/h3-7,11H,8-9H2,1-2H3,(H,19,20). The van der Waals surface area contributed by atoms with Gasteiger partial charge in [0.2, 0.25) is 0 Å². The van der Waals surface area contributed by atoms with Gasteiger partial charge in [-0.25, -0.2) is 0 Å². The first-order valence-electron chi connectivity index (χ1n) is 6.84. The molecule has 1 saturated carbocycles. The van der Waals surface area contributed by atoms with Crippen molar-refractivity contribution in [1.82, 2.24) is 14.8 Å². The Morgan fingerprint density at radius 2 is 2.05 bits per heavy atom. The highest BCUT2D eigenvalue weighted by atomic mass is 32.2. The molecule has 6 heteroatoms. The second-order valence-electron chi connectivity index (χ2n) is 5.94. The van der Waals surface area contributed by atoms with Gasteiger partial charge in [0, 0.05) is 11.6 Å². The van der Waals surface area contributed by atoms with Crippen LogP contribution >= 0.6 is 11.8 Å². The van der Waals surface area contributed by atoms with Gasteiger partial charge in [0.1, 0.15) is 5.82 Å². The molecule has 1 aliphatic rings. The van der Waals surface area contributed by atoms with Gasteiger partial charge in [-0.2, -0.15) is 0 Å². The van der Waals surface area contributed by atoms with Crippen molar-refractivity contribution in [3.05, 3.63) is 36.2 Å². The van der Waals surface area contributed by atoms with Gasteiger partial charge < -0.3 is 5.11 Å². The third-order valence-electron chi connectivity index (χ3n) is 3.82.